The zero-order valence-corrected chi connectivity index (χ0v) is 15.0. The molecule has 2 fully saturated rings. The zero-order valence-electron chi connectivity index (χ0n) is 15.0. The summed E-state index contributed by atoms with van der Waals surface area (Å²) in [5.74, 6) is 1.32. The zero-order chi connectivity index (χ0) is 16.9. The third-order valence-electron chi connectivity index (χ3n) is 5.33. The number of fused-ring (bicyclic) bond motifs is 2. The Kier molecular flexibility index (Phi) is 5.77. The number of nitrogens with zero attached hydrogens (tertiary/aromatic N) is 1. The highest BCUT2D eigenvalue weighted by Gasteiger charge is 2.37. The Bertz CT molecular complexity index is 559. The van der Waals surface area contributed by atoms with E-state index in [-0.39, 0.29) is 0 Å². The van der Waals surface area contributed by atoms with Gasteiger partial charge in [0, 0.05) is 25.0 Å². The minimum absolute atomic E-state index is 0.345. The van der Waals surface area contributed by atoms with E-state index in [2.05, 4.69) is 42.3 Å². The lowest BCUT2D eigenvalue weighted by Gasteiger charge is -2.28. The number of carbonyl (C=O) groups is 1. The van der Waals surface area contributed by atoms with Crippen molar-refractivity contribution >= 4 is 5.91 Å². The largest absolute Gasteiger partial charge is 0.493 e. The van der Waals surface area contributed by atoms with Crippen molar-refractivity contribution in [3.63, 3.8) is 0 Å². The molecule has 1 N–H and O–H groups in total. The van der Waals surface area contributed by atoms with Crippen molar-refractivity contribution in [2.75, 3.05) is 19.7 Å². The third-order valence-corrected chi connectivity index (χ3v) is 5.33. The molecule has 2 unspecified atom stereocenters. The number of rotatable bonds is 6. The molecule has 1 amide bonds. The molecular formula is C20H30N2O2. The first kappa shape index (κ1) is 17.3. The monoisotopic (exact) mass is 330 g/mol. The maximum Gasteiger partial charge on any atom is 0.223 e. The molecular weight excluding hydrogens is 300 g/mol. The molecule has 24 heavy (non-hydrogen) atoms. The van der Waals surface area contributed by atoms with Gasteiger partial charge in [-0.05, 0) is 69.7 Å². The first-order chi connectivity index (χ1) is 11.6. The lowest BCUT2D eigenvalue weighted by atomic mass is 10.1. The second kappa shape index (κ2) is 8.02. The van der Waals surface area contributed by atoms with Crippen LogP contribution in [0.2, 0.25) is 0 Å². The van der Waals surface area contributed by atoms with E-state index in [1.807, 2.05) is 0 Å². The van der Waals surface area contributed by atoms with E-state index in [1.54, 1.807) is 0 Å². The van der Waals surface area contributed by atoms with Crippen LogP contribution in [0.15, 0.2) is 18.2 Å². The van der Waals surface area contributed by atoms with Crippen molar-refractivity contribution in [1.82, 2.24) is 10.2 Å². The summed E-state index contributed by atoms with van der Waals surface area (Å²) in [4.78, 5) is 14.8. The van der Waals surface area contributed by atoms with Crippen LogP contribution in [0.5, 0.6) is 5.75 Å². The van der Waals surface area contributed by atoms with Gasteiger partial charge in [0.2, 0.25) is 5.91 Å². The van der Waals surface area contributed by atoms with E-state index in [1.165, 1.54) is 24.0 Å². The highest BCUT2D eigenvalue weighted by molar-refractivity contribution is 5.77. The van der Waals surface area contributed by atoms with E-state index in [4.69, 9.17) is 4.74 Å². The lowest BCUT2D eigenvalue weighted by molar-refractivity contribution is -0.133. The Hall–Kier alpha value is -1.55. The van der Waals surface area contributed by atoms with Gasteiger partial charge in [-0.3, -0.25) is 4.79 Å². The van der Waals surface area contributed by atoms with Crippen LogP contribution in [-0.2, 0) is 4.79 Å². The van der Waals surface area contributed by atoms with Gasteiger partial charge in [-0.2, -0.15) is 0 Å². The minimum atomic E-state index is 0.345. The average molecular weight is 330 g/mol. The van der Waals surface area contributed by atoms with Crippen LogP contribution >= 0.6 is 0 Å². The molecule has 0 spiro atoms. The fourth-order valence-corrected chi connectivity index (χ4v) is 3.94. The smallest absolute Gasteiger partial charge is 0.223 e. The molecule has 3 rings (SSSR count). The normalized spacial score (nSPS) is 23.2. The predicted molar refractivity (Wildman–Crippen MR) is 96.4 cm³/mol. The molecule has 0 saturated carbocycles. The summed E-state index contributed by atoms with van der Waals surface area (Å²) in [6.45, 7) is 6.86. The Morgan fingerprint density at radius 3 is 2.92 bits per heavy atom. The van der Waals surface area contributed by atoms with Crippen molar-refractivity contribution in [3.8, 4) is 5.75 Å². The number of unbranched alkanes of at least 4 members (excludes halogenated alkanes) is 1. The number of aryl methyl sites for hydroxylation is 2. The number of ether oxygens (including phenoxy) is 1. The van der Waals surface area contributed by atoms with E-state index >= 15 is 0 Å². The van der Waals surface area contributed by atoms with Crippen LogP contribution < -0.4 is 10.1 Å². The van der Waals surface area contributed by atoms with Gasteiger partial charge >= 0.3 is 0 Å². The molecule has 2 heterocycles. The Morgan fingerprint density at radius 1 is 1.21 bits per heavy atom. The standard InChI is InChI=1S/C20H30N2O2/c1-15-6-7-16(2)19(13-15)24-12-4-3-5-20(23)22-17-8-9-18(22)14-21-11-10-17/h6-7,13,17-18,21H,3-5,8-12,14H2,1-2H3. The summed E-state index contributed by atoms with van der Waals surface area (Å²) in [7, 11) is 0. The van der Waals surface area contributed by atoms with E-state index < -0.39 is 0 Å². The Balaban J connectivity index is 1.40. The molecule has 132 valence electrons. The summed E-state index contributed by atoms with van der Waals surface area (Å²) in [5.41, 5.74) is 2.39. The number of hydrogen-bond donors (Lipinski definition) is 1. The molecule has 2 aliphatic heterocycles. The van der Waals surface area contributed by atoms with Crippen molar-refractivity contribution in [2.45, 2.75) is 64.5 Å². The first-order valence-electron chi connectivity index (χ1n) is 9.37. The summed E-state index contributed by atoms with van der Waals surface area (Å²) in [6.07, 6.45) is 5.96. The van der Waals surface area contributed by atoms with Crippen LogP contribution in [0.1, 0.15) is 49.7 Å². The van der Waals surface area contributed by atoms with Crippen molar-refractivity contribution in [3.05, 3.63) is 29.3 Å². The van der Waals surface area contributed by atoms with Crippen LogP contribution in [0.25, 0.3) is 0 Å². The number of benzene rings is 1. The van der Waals surface area contributed by atoms with E-state index in [0.717, 1.165) is 38.1 Å². The maximum absolute atomic E-state index is 12.6. The van der Waals surface area contributed by atoms with Gasteiger partial charge in [-0.25, -0.2) is 0 Å². The van der Waals surface area contributed by atoms with Gasteiger partial charge < -0.3 is 15.0 Å². The Labute approximate surface area is 145 Å². The second-order valence-corrected chi connectivity index (χ2v) is 7.25. The topological polar surface area (TPSA) is 41.6 Å². The molecule has 0 aromatic heterocycles. The van der Waals surface area contributed by atoms with E-state index in [0.29, 0.717) is 31.0 Å². The van der Waals surface area contributed by atoms with Crippen LogP contribution in [0.3, 0.4) is 0 Å². The van der Waals surface area contributed by atoms with Crippen molar-refractivity contribution in [2.24, 2.45) is 0 Å². The molecule has 2 atom stereocenters. The van der Waals surface area contributed by atoms with Gasteiger partial charge in [0.25, 0.3) is 0 Å². The second-order valence-electron chi connectivity index (χ2n) is 7.25. The van der Waals surface area contributed by atoms with Crippen LogP contribution in [-0.4, -0.2) is 42.6 Å². The van der Waals surface area contributed by atoms with E-state index in [9.17, 15) is 4.79 Å². The predicted octanol–water partition coefficient (Wildman–Crippen LogP) is 3.21. The number of nitrogens with one attached hydrogen (secondary N) is 1. The summed E-state index contributed by atoms with van der Waals surface area (Å²) >= 11 is 0. The Morgan fingerprint density at radius 2 is 2.04 bits per heavy atom. The molecule has 0 aliphatic carbocycles. The fourth-order valence-electron chi connectivity index (χ4n) is 3.94. The minimum Gasteiger partial charge on any atom is -0.493 e. The molecule has 2 bridgehead atoms. The highest BCUT2D eigenvalue weighted by Crippen LogP contribution is 2.28. The number of carbonyl (C=O) groups excluding carboxylic acids is 1. The molecule has 1 aromatic carbocycles. The van der Waals surface area contributed by atoms with Gasteiger partial charge in [0.15, 0.2) is 0 Å². The van der Waals surface area contributed by atoms with Crippen molar-refractivity contribution < 1.29 is 9.53 Å². The summed E-state index contributed by atoms with van der Waals surface area (Å²) in [5, 5.41) is 3.45. The molecule has 0 radical (unpaired) electrons. The van der Waals surface area contributed by atoms with Crippen LogP contribution in [0, 0.1) is 13.8 Å². The summed E-state index contributed by atoms with van der Waals surface area (Å²) in [6, 6.07) is 7.19. The molecule has 2 aliphatic rings. The maximum atomic E-state index is 12.6. The molecule has 4 nitrogen and oxygen atoms in total. The fraction of sp³-hybridized carbons (Fsp3) is 0.650. The van der Waals surface area contributed by atoms with Gasteiger partial charge in [-0.1, -0.05) is 12.1 Å². The highest BCUT2D eigenvalue weighted by atomic mass is 16.5. The molecule has 2 saturated heterocycles. The van der Waals surface area contributed by atoms with Gasteiger partial charge in [0.05, 0.1) is 6.61 Å². The molecule has 4 heteroatoms. The third kappa shape index (κ3) is 4.10. The van der Waals surface area contributed by atoms with Gasteiger partial charge in [-0.15, -0.1) is 0 Å². The van der Waals surface area contributed by atoms with Gasteiger partial charge in [0.1, 0.15) is 5.75 Å². The number of hydrogen-bond acceptors (Lipinski definition) is 3. The first-order valence-corrected chi connectivity index (χ1v) is 9.37. The lowest BCUT2D eigenvalue weighted by Crippen LogP contribution is -2.42. The molecule has 1 aromatic rings. The van der Waals surface area contributed by atoms with Crippen molar-refractivity contribution in [1.29, 1.82) is 0 Å². The average Bonchev–Trinajstić information content (AvgIpc) is 2.83. The number of amides is 1. The quantitative estimate of drug-likeness (QED) is 0.815. The van der Waals surface area contributed by atoms with Crippen LogP contribution in [0.4, 0.5) is 0 Å². The summed E-state index contributed by atoms with van der Waals surface area (Å²) < 4.78 is 5.88. The SMILES string of the molecule is Cc1ccc(C)c(OCCCCC(=O)N2C3CCNCC2CC3)c1.